The van der Waals surface area contributed by atoms with E-state index in [1.165, 1.54) is 121 Å². The summed E-state index contributed by atoms with van der Waals surface area (Å²) in [6, 6.07) is 0. The molecule has 0 spiro atoms. The van der Waals surface area contributed by atoms with E-state index < -0.39 is 30.2 Å². The molecule has 128 heavy (non-hydrogen) atoms. The van der Waals surface area contributed by atoms with Crippen LogP contribution < -0.4 is 0 Å². The molecule has 35 atom stereocenters. The topological polar surface area (TPSA) is 304 Å². The van der Waals surface area contributed by atoms with E-state index in [0.717, 1.165) is 140 Å². The lowest BCUT2D eigenvalue weighted by Gasteiger charge is -2.62. The number of aliphatic hydroxyl groups is 8. The molecule has 0 aliphatic heterocycles. The molecule has 18 nitrogen and oxygen atoms in total. The van der Waals surface area contributed by atoms with Crippen molar-refractivity contribution in [2.45, 2.75) is 372 Å². The highest BCUT2D eigenvalue weighted by molar-refractivity contribution is 7.33. The number of methoxy groups -OCH3 is 4. The Morgan fingerprint density at radius 2 is 0.789 bits per heavy atom. The van der Waals surface area contributed by atoms with Gasteiger partial charge in [-0.1, -0.05) is 163 Å². The highest BCUT2D eigenvalue weighted by Crippen LogP contribution is 2.73. The third-order valence-corrected chi connectivity index (χ3v) is 38.8. The smallest absolute Gasteiger partial charge is 0.481 e. The van der Waals surface area contributed by atoms with Gasteiger partial charge in [-0.3, -0.25) is 9.59 Å². The van der Waals surface area contributed by atoms with Crippen LogP contribution in [0.4, 0.5) is 0 Å². The number of terminal acetylenes is 1. The number of carboxylic acid groups (broad SMARTS) is 1. The van der Waals surface area contributed by atoms with Gasteiger partial charge >= 0.3 is 42.2 Å². The number of hydrogen-bond acceptors (Lipinski definition) is 17. The van der Waals surface area contributed by atoms with Gasteiger partial charge in [0.05, 0.1) is 77.3 Å². The summed E-state index contributed by atoms with van der Waals surface area (Å²) in [5.74, 6) is 11.7. The average Bonchev–Trinajstić information content (AvgIpc) is 1.47. The Kier molecular flexibility index (Phi) is 39.8. The summed E-state index contributed by atoms with van der Waals surface area (Å²) >= 11 is -1.19. The van der Waals surface area contributed by atoms with Crippen LogP contribution in [-0.4, -0.2) is 165 Å². The van der Waals surface area contributed by atoms with Crippen molar-refractivity contribution < 1.29 is 88.9 Å². The summed E-state index contributed by atoms with van der Waals surface area (Å²) in [5.41, 5.74) is 6.09. The summed E-state index contributed by atoms with van der Waals surface area (Å²) in [6.45, 7) is 30.8. The third-order valence-electron chi connectivity index (χ3n) is 38.8. The van der Waals surface area contributed by atoms with Crippen LogP contribution in [0.25, 0.3) is 0 Å². The zero-order chi connectivity index (χ0) is 92.2. The Morgan fingerprint density at radius 3 is 1.08 bits per heavy atom. The number of hydrogen-bond donors (Lipinski definition) is 9. The molecule has 16 aliphatic carbocycles. The second-order valence-corrected chi connectivity index (χ2v) is 49.6. The van der Waals surface area contributed by atoms with Gasteiger partial charge in [-0.2, -0.15) is 0 Å². The molecule has 0 amide bonds. The summed E-state index contributed by atoms with van der Waals surface area (Å²) in [6.07, 6.45) is 50.0. The maximum atomic E-state index is 11.6. The quantitative estimate of drug-likeness (QED) is 0.0167. The highest BCUT2D eigenvalue weighted by Gasteiger charge is 2.67. The van der Waals surface area contributed by atoms with Gasteiger partial charge in [-0.05, 0) is 340 Å². The fraction of sp³-hybridized carbons (Fsp3) is 0.822. The predicted molar refractivity (Wildman–Crippen MR) is 514 cm³/mol. The van der Waals surface area contributed by atoms with E-state index in [0.29, 0.717) is 113 Å². The summed E-state index contributed by atoms with van der Waals surface area (Å²) in [4.78, 5) is 53.8. The lowest BCUT2D eigenvalue weighted by molar-refractivity contribution is -0.156. The van der Waals surface area contributed by atoms with Crippen LogP contribution >= 0.6 is 20.1 Å². The number of carbonyl (C=O) groups is 5. The van der Waals surface area contributed by atoms with Gasteiger partial charge in [-0.25, -0.2) is 34.5 Å². The fourth-order valence-electron chi connectivity index (χ4n) is 31.7. The normalized spacial score (nSPS) is 43.4. The van der Waals surface area contributed by atoms with Crippen molar-refractivity contribution in [1.29, 1.82) is 0 Å². The summed E-state index contributed by atoms with van der Waals surface area (Å²) < 4.78 is 17.7. The third kappa shape index (κ3) is 22.0. The van der Waals surface area contributed by atoms with Gasteiger partial charge in [-0.15, -0.1) is 6.42 Å². The van der Waals surface area contributed by atoms with Crippen molar-refractivity contribution in [3.8, 4) is 12.3 Å². The minimum atomic E-state index is -1.19. The number of aliphatic hydroxyl groups excluding tert-OH is 8. The summed E-state index contributed by atoms with van der Waals surface area (Å²) in [7, 11) is 15.8. The number of rotatable bonds is 12. The SMILES string of the molecule is C.C.C.C#CC(=O)OC.C/C=C1\CCC2C3CC[C@@H]4C[C@H](O)CC[C@]4(C)C3C[C@H](O)[C@]12C.C=CC(=O)OC.COC(=O)/C=C\[C@@H](C)C1=CCC2C3CC[C@@H]4C[C@H](O)CC[C@]4(C)C3C[C@H](O)[C@]12C.COC(=O)CC[C@@H](C)C1=CCC2C3CC[C@@H]4C[C@H](O)CC[C@]4(C)C3C[C@H](O)[C@]12C.C[C@H](CCC(=O)O)C1=CCC2C3CC[C@@H]4C[C@H](O)CC[C@]4(C)C3C[C@H](O)[C@]12C.[CH3][Al]([Cl])[Cl]. The number of carboxylic acids is 1. The van der Waals surface area contributed by atoms with Crippen molar-refractivity contribution in [2.24, 2.45) is 156 Å². The van der Waals surface area contributed by atoms with Crippen molar-refractivity contribution >= 4 is 62.3 Å². The van der Waals surface area contributed by atoms with Gasteiger partial charge in [0.25, 0.3) is 0 Å². The Hall–Kier alpha value is -3.86. The molecule has 728 valence electrons. The molecule has 13 saturated carbocycles. The van der Waals surface area contributed by atoms with Gasteiger partial charge in [0.1, 0.15) is 0 Å². The van der Waals surface area contributed by atoms with Crippen LogP contribution in [-0.2, 0) is 42.9 Å². The van der Waals surface area contributed by atoms with E-state index in [9.17, 15) is 64.8 Å². The monoisotopic (exact) mass is 1850 g/mol. The molecule has 9 N–H and O–H groups in total. The lowest BCUT2D eigenvalue weighted by atomic mass is 9.44. The zero-order valence-corrected chi connectivity index (χ0v) is 81.9. The van der Waals surface area contributed by atoms with Crippen LogP contribution in [0.2, 0.25) is 5.79 Å². The van der Waals surface area contributed by atoms with Crippen molar-refractivity contribution in [1.82, 2.24) is 0 Å². The number of aliphatic carboxylic acids is 1. The zero-order valence-electron chi connectivity index (χ0n) is 79.3. The Labute approximate surface area is 785 Å². The summed E-state index contributed by atoms with van der Waals surface area (Å²) in [5, 5.41) is 95.3. The molecule has 0 aromatic carbocycles. The van der Waals surface area contributed by atoms with E-state index in [-0.39, 0.29) is 139 Å². The molecular weight excluding hydrogens is 1670 g/mol. The van der Waals surface area contributed by atoms with Gasteiger partial charge in [0.15, 0.2) is 0 Å². The molecule has 21 heteroatoms. The molecular formula is C107H175AlCl2O18. The largest absolute Gasteiger partial charge is 0.516 e. The number of ether oxygens (including phenoxy) is 4. The molecule has 0 bridgehead atoms. The molecule has 16 rings (SSSR count). The van der Waals surface area contributed by atoms with E-state index in [1.807, 2.05) is 11.9 Å². The second-order valence-electron chi connectivity index (χ2n) is 43.9. The van der Waals surface area contributed by atoms with Gasteiger partial charge in [0.2, 0.25) is 0 Å². The van der Waals surface area contributed by atoms with Crippen LogP contribution in [0.5, 0.6) is 0 Å². The second kappa shape index (κ2) is 45.9. The maximum absolute atomic E-state index is 11.6. The van der Waals surface area contributed by atoms with Crippen molar-refractivity contribution in [3.05, 3.63) is 71.4 Å². The Morgan fingerprint density at radius 1 is 0.469 bits per heavy atom. The van der Waals surface area contributed by atoms with Crippen molar-refractivity contribution in [3.63, 3.8) is 0 Å². The predicted octanol–water partition coefficient (Wildman–Crippen LogP) is 21.1. The maximum Gasteiger partial charge on any atom is 0.516 e. The first-order valence-electron chi connectivity index (χ1n) is 48.7. The van der Waals surface area contributed by atoms with Crippen LogP contribution in [0, 0.1) is 168 Å². The first-order valence-corrected chi connectivity index (χ1v) is 53.3. The molecule has 0 aromatic heterocycles. The number of halogens is 2. The first-order chi connectivity index (χ1) is 58.9. The van der Waals surface area contributed by atoms with Gasteiger partial charge < -0.3 is 64.9 Å². The molecule has 12 unspecified atom stereocenters. The van der Waals surface area contributed by atoms with Crippen LogP contribution in [0.1, 0.15) is 317 Å². The van der Waals surface area contributed by atoms with Gasteiger partial charge in [0, 0.05) is 52.6 Å². The van der Waals surface area contributed by atoms with E-state index in [1.54, 1.807) is 5.92 Å². The Balaban J connectivity index is 0.000000219. The molecule has 0 radical (unpaired) electrons. The Bertz CT molecular complexity index is 3920. The molecule has 13 fully saturated rings. The van der Waals surface area contributed by atoms with E-state index >= 15 is 0 Å². The van der Waals surface area contributed by atoms with Crippen LogP contribution in [0.3, 0.4) is 0 Å². The molecule has 0 aromatic rings. The minimum absolute atomic E-state index is 0. The minimum Gasteiger partial charge on any atom is -0.481 e. The van der Waals surface area contributed by atoms with E-state index in [4.69, 9.17) is 34.7 Å². The number of allylic oxidation sites excluding steroid dienone is 5. The lowest BCUT2D eigenvalue weighted by Crippen LogP contribution is -2.58. The van der Waals surface area contributed by atoms with E-state index in [2.05, 4.69) is 130 Å². The standard InChI is InChI=1S/C25H40O4.C25H38O4.C24H38O4.C21H34O2.C4H6O2.C4H4O2.3CH4.CH3.Al.2ClH/c2*1-15(5-10-23(28)29-4)19-8-9-20-18-7-6-16-13-17(26)11-12-24(16,2)21(18)14-22(27)25(19,20)3;1-14(4-9-22(27)28)18-7-8-19-17-6-5-15-12-16(25)10-11-23(15,2)20(17)13-21(26)24(18,19)3;1-4-13-6-8-17-16-7-5-14-11-15(22)9-10-20(14,2)18(16)12-19(23)21(13,17)3;2*1-3-4(5)6-2;;;;;;;/h8,15-18,20-22,26-27H,5-7,9-14H2,1-4H3;5,8,10,15-18,20-22,26-27H,6-7,9,11-14H2,1-4H3;7,14-17,19-21,25-26H,4-6,8-13H2,1-3H3,(H,27,28);4,14-19,22-23H,5-12H2,1-3H3;3H,1H2,2H3;1H,2H3;3*1H4;1H3;;2*1H/q;;;;;;;;;;+2;;/p-2/b;10-5-;;13-4+;;;;;;;;;/t2*15-,16-,17-,18?,20?,21?,22+,24+,25-;14-,15-,16-,17?,19?,20?,21+,23+,24-;14-,15-,16?,17?,18?,19+,20+,21-;;;;;;;;;/m1111........./s1. The molecule has 0 saturated heterocycles. The number of fused-ring (bicyclic) bond motifs is 20. The molecule has 0 heterocycles. The average molecular weight is 1850 g/mol. The molecule has 16 aliphatic rings. The number of carbonyl (C=O) groups excluding carboxylic acids is 4. The highest BCUT2D eigenvalue weighted by atomic mass is 35.7. The number of esters is 4. The first kappa shape index (κ1) is 111. The fourth-order valence-corrected chi connectivity index (χ4v) is 31.7. The van der Waals surface area contributed by atoms with Crippen molar-refractivity contribution in [2.75, 3.05) is 28.4 Å². The van der Waals surface area contributed by atoms with Crippen LogP contribution in [0.15, 0.2) is 71.4 Å².